The van der Waals surface area contributed by atoms with Gasteiger partial charge >= 0.3 is 5.97 Å². The van der Waals surface area contributed by atoms with E-state index in [4.69, 9.17) is 25.9 Å². The van der Waals surface area contributed by atoms with E-state index in [1.54, 1.807) is 36.4 Å². The lowest BCUT2D eigenvalue weighted by Crippen LogP contribution is -2.39. The number of hydroxylamine groups is 2. The summed E-state index contributed by atoms with van der Waals surface area (Å²) in [6.45, 7) is 2.53. The van der Waals surface area contributed by atoms with Crippen molar-refractivity contribution >= 4 is 40.0 Å². The number of nitrogens with zero attached hydrogens (tertiary/aromatic N) is 3. The van der Waals surface area contributed by atoms with Gasteiger partial charge in [-0.15, -0.1) is 5.06 Å². The second kappa shape index (κ2) is 9.54. The maximum atomic E-state index is 14.4. The number of hydrogen-bond acceptors (Lipinski definition) is 8. The monoisotopic (exact) mass is 460 g/mol. The van der Waals surface area contributed by atoms with E-state index in [1.807, 2.05) is 0 Å². The van der Waals surface area contributed by atoms with Crippen molar-refractivity contribution in [3.8, 4) is 11.5 Å². The summed E-state index contributed by atoms with van der Waals surface area (Å²) in [5, 5.41) is 5.27. The van der Waals surface area contributed by atoms with Crippen molar-refractivity contribution < 1.29 is 23.5 Å². The van der Waals surface area contributed by atoms with Crippen LogP contribution in [0, 0.1) is 5.82 Å². The smallest absolute Gasteiger partial charge is 0.322 e. The molecule has 2 aromatic carbocycles. The molecule has 4 rings (SSSR count). The normalized spacial score (nSPS) is 14.9. The molecule has 2 heterocycles. The SMILES string of the molecule is COc1cc2ncnc(Nc3cccc(Cl)c3F)c2cc1OC1CCN(OC(C)=O)CC1. The zero-order valence-corrected chi connectivity index (χ0v) is 18.4. The van der Waals surface area contributed by atoms with Gasteiger partial charge in [0.15, 0.2) is 17.3 Å². The minimum Gasteiger partial charge on any atom is -0.493 e. The number of rotatable bonds is 6. The van der Waals surface area contributed by atoms with Crippen molar-refractivity contribution in [3.05, 3.63) is 47.5 Å². The number of fused-ring (bicyclic) bond motifs is 1. The van der Waals surface area contributed by atoms with E-state index in [0.29, 0.717) is 54.2 Å². The molecule has 32 heavy (non-hydrogen) atoms. The Morgan fingerprint density at radius 1 is 1.22 bits per heavy atom. The molecule has 1 N–H and O–H groups in total. The average molecular weight is 461 g/mol. The first-order chi connectivity index (χ1) is 15.4. The molecule has 0 saturated carbocycles. The highest BCUT2D eigenvalue weighted by molar-refractivity contribution is 6.31. The summed E-state index contributed by atoms with van der Waals surface area (Å²) in [6.07, 6.45) is 2.66. The molecule has 1 fully saturated rings. The third-order valence-corrected chi connectivity index (χ3v) is 5.37. The summed E-state index contributed by atoms with van der Waals surface area (Å²) in [5.74, 6) is 0.560. The van der Waals surface area contributed by atoms with Crippen LogP contribution in [0.4, 0.5) is 15.9 Å². The number of ether oxygens (including phenoxy) is 2. The molecule has 1 aliphatic rings. The molecule has 3 aromatic rings. The maximum absolute atomic E-state index is 14.4. The highest BCUT2D eigenvalue weighted by Gasteiger charge is 2.24. The molecule has 0 amide bonds. The Morgan fingerprint density at radius 3 is 2.72 bits per heavy atom. The molecule has 1 saturated heterocycles. The van der Waals surface area contributed by atoms with Crippen LogP contribution in [0.3, 0.4) is 0 Å². The summed E-state index contributed by atoms with van der Waals surface area (Å²) in [6, 6.07) is 8.23. The minimum absolute atomic E-state index is 0.0131. The van der Waals surface area contributed by atoms with Gasteiger partial charge in [-0.05, 0) is 18.2 Å². The highest BCUT2D eigenvalue weighted by atomic mass is 35.5. The van der Waals surface area contributed by atoms with Gasteiger partial charge in [-0.1, -0.05) is 17.7 Å². The summed E-state index contributed by atoms with van der Waals surface area (Å²) in [5.41, 5.74) is 0.812. The summed E-state index contributed by atoms with van der Waals surface area (Å²) >= 11 is 5.89. The van der Waals surface area contributed by atoms with Crippen LogP contribution in [0.15, 0.2) is 36.7 Å². The molecule has 0 aliphatic carbocycles. The van der Waals surface area contributed by atoms with E-state index in [1.165, 1.54) is 19.3 Å². The number of carbonyl (C=O) groups is 1. The molecular formula is C22H22ClFN4O4. The second-order valence-corrected chi connectivity index (χ2v) is 7.71. The molecule has 168 valence electrons. The van der Waals surface area contributed by atoms with Crippen LogP contribution in [-0.2, 0) is 9.63 Å². The number of nitrogens with one attached hydrogen (secondary N) is 1. The van der Waals surface area contributed by atoms with E-state index in [2.05, 4.69) is 15.3 Å². The molecule has 0 spiro atoms. The van der Waals surface area contributed by atoms with Crippen molar-refractivity contribution in [2.24, 2.45) is 0 Å². The quantitative estimate of drug-likeness (QED) is 0.575. The lowest BCUT2D eigenvalue weighted by molar-refractivity contribution is -0.195. The van der Waals surface area contributed by atoms with Crippen LogP contribution in [0.25, 0.3) is 10.9 Å². The zero-order chi connectivity index (χ0) is 22.7. The van der Waals surface area contributed by atoms with Gasteiger partial charge < -0.3 is 19.6 Å². The minimum atomic E-state index is -0.564. The first-order valence-electron chi connectivity index (χ1n) is 10.1. The molecule has 1 aliphatic heterocycles. The summed E-state index contributed by atoms with van der Waals surface area (Å²) in [4.78, 5) is 24.8. The molecule has 10 heteroatoms. The number of aromatic nitrogens is 2. The molecule has 8 nitrogen and oxygen atoms in total. The number of hydrogen-bond donors (Lipinski definition) is 1. The van der Waals surface area contributed by atoms with Crippen molar-refractivity contribution in [2.45, 2.75) is 25.9 Å². The molecule has 0 atom stereocenters. The van der Waals surface area contributed by atoms with E-state index in [9.17, 15) is 9.18 Å². The van der Waals surface area contributed by atoms with Gasteiger partial charge in [-0.2, -0.15) is 0 Å². The Hall–Kier alpha value is -3.17. The van der Waals surface area contributed by atoms with Crippen LogP contribution in [0.2, 0.25) is 5.02 Å². The lowest BCUT2D eigenvalue weighted by Gasteiger charge is -2.30. The maximum Gasteiger partial charge on any atom is 0.322 e. The summed E-state index contributed by atoms with van der Waals surface area (Å²) in [7, 11) is 1.55. The van der Waals surface area contributed by atoms with Crippen LogP contribution >= 0.6 is 11.6 Å². The van der Waals surface area contributed by atoms with Crippen LogP contribution in [0.5, 0.6) is 11.5 Å². The first kappa shape index (κ1) is 22.0. The molecule has 0 radical (unpaired) electrons. The van der Waals surface area contributed by atoms with Crippen molar-refractivity contribution in [1.82, 2.24) is 15.0 Å². The highest BCUT2D eigenvalue weighted by Crippen LogP contribution is 2.36. The average Bonchev–Trinajstić information content (AvgIpc) is 2.78. The predicted octanol–water partition coefficient (Wildman–Crippen LogP) is 4.50. The van der Waals surface area contributed by atoms with Crippen LogP contribution in [0.1, 0.15) is 19.8 Å². The number of methoxy groups -OCH3 is 1. The van der Waals surface area contributed by atoms with Gasteiger partial charge in [0.05, 0.1) is 23.3 Å². The Morgan fingerprint density at radius 2 is 2.00 bits per heavy atom. The van der Waals surface area contributed by atoms with E-state index in [-0.39, 0.29) is 22.8 Å². The molecule has 1 aromatic heterocycles. The Labute approximate surface area is 189 Å². The van der Waals surface area contributed by atoms with Gasteiger partial charge in [-0.25, -0.2) is 14.4 Å². The van der Waals surface area contributed by atoms with Crippen LogP contribution in [-0.4, -0.2) is 47.3 Å². The second-order valence-electron chi connectivity index (χ2n) is 7.30. The van der Waals surface area contributed by atoms with Crippen molar-refractivity contribution in [2.75, 3.05) is 25.5 Å². The Kier molecular flexibility index (Phi) is 6.57. The number of benzene rings is 2. The molecule has 0 unspecified atom stereocenters. The Bertz CT molecular complexity index is 1140. The fraction of sp³-hybridized carbons (Fsp3) is 0.318. The van der Waals surface area contributed by atoms with Crippen LogP contribution < -0.4 is 14.8 Å². The topological polar surface area (TPSA) is 85.8 Å². The largest absolute Gasteiger partial charge is 0.493 e. The van der Waals surface area contributed by atoms with Gasteiger partial charge in [0.25, 0.3) is 0 Å². The van der Waals surface area contributed by atoms with Gasteiger partial charge in [0.2, 0.25) is 0 Å². The molecule has 0 bridgehead atoms. The predicted molar refractivity (Wildman–Crippen MR) is 118 cm³/mol. The third kappa shape index (κ3) is 4.84. The molecular weight excluding hydrogens is 439 g/mol. The fourth-order valence-electron chi connectivity index (χ4n) is 3.55. The van der Waals surface area contributed by atoms with E-state index >= 15 is 0 Å². The lowest BCUT2D eigenvalue weighted by atomic mass is 10.1. The standard InChI is InChI=1S/C22H22ClFN4O4/c1-13(29)32-28-8-6-14(7-9-28)31-20-10-15-18(11-19(20)30-2)25-12-26-22(15)27-17-5-3-4-16(23)21(17)24/h3-5,10-12,14H,6-9H2,1-2H3,(H,25,26,27). The number of anilines is 2. The number of piperidine rings is 1. The zero-order valence-electron chi connectivity index (χ0n) is 17.6. The van der Waals surface area contributed by atoms with E-state index in [0.717, 1.165) is 0 Å². The van der Waals surface area contributed by atoms with Crippen molar-refractivity contribution in [3.63, 3.8) is 0 Å². The first-order valence-corrected chi connectivity index (χ1v) is 10.5. The van der Waals surface area contributed by atoms with Crippen molar-refractivity contribution in [1.29, 1.82) is 0 Å². The third-order valence-electron chi connectivity index (χ3n) is 5.08. The van der Waals surface area contributed by atoms with Gasteiger partial charge in [0.1, 0.15) is 18.2 Å². The number of carbonyl (C=O) groups excluding carboxylic acids is 1. The van der Waals surface area contributed by atoms with Gasteiger partial charge in [0, 0.05) is 44.3 Å². The fourth-order valence-corrected chi connectivity index (χ4v) is 3.72. The van der Waals surface area contributed by atoms with E-state index < -0.39 is 5.82 Å². The van der Waals surface area contributed by atoms with Gasteiger partial charge in [-0.3, -0.25) is 4.79 Å². The summed E-state index contributed by atoms with van der Waals surface area (Å²) < 4.78 is 26.1. The Balaban J connectivity index is 1.60. The number of halogens is 2.